The molecule has 24 heavy (non-hydrogen) atoms. The minimum absolute atomic E-state index is 0.354. The Labute approximate surface area is 149 Å². The second-order valence-electron chi connectivity index (χ2n) is 7.18. The van der Waals surface area contributed by atoms with Gasteiger partial charge in [0.2, 0.25) is 0 Å². The van der Waals surface area contributed by atoms with Crippen LogP contribution in [0.5, 0.6) is 0 Å². The summed E-state index contributed by atoms with van der Waals surface area (Å²) in [7, 11) is 0. The van der Waals surface area contributed by atoms with Gasteiger partial charge in [0.1, 0.15) is 0 Å². The molecule has 0 saturated carbocycles. The Balaban J connectivity index is 3.23. The van der Waals surface area contributed by atoms with Crippen molar-refractivity contribution >= 4 is 0 Å². The highest BCUT2D eigenvalue weighted by Crippen LogP contribution is 2.43. The fourth-order valence-corrected chi connectivity index (χ4v) is 4.05. The normalized spacial score (nSPS) is 16.5. The third-order valence-electron chi connectivity index (χ3n) is 5.19. The van der Waals surface area contributed by atoms with E-state index in [4.69, 9.17) is 0 Å². The molecule has 3 atom stereocenters. The summed E-state index contributed by atoms with van der Waals surface area (Å²) >= 11 is 0. The van der Waals surface area contributed by atoms with Crippen molar-refractivity contribution in [2.75, 3.05) is 0 Å². The van der Waals surface area contributed by atoms with Crippen LogP contribution in [0.15, 0.2) is 42.5 Å². The maximum Gasteiger partial charge on any atom is 0.0853 e. The van der Waals surface area contributed by atoms with Crippen molar-refractivity contribution in [1.82, 2.24) is 0 Å². The summed E-state index contributed by atoms with van der Waals surface area (Å²) < 4.78 is 0. The minimum Gasteiger partial charge on any atom is -0.197 e. The van der Waals surface area contributed by atoms with Crippen LogP contribution in [-0.2, 0) is 5.41 Å². The Morgan fingerprint density at radius 3 is 2.29 bits per heavy atom. The Hall–Kier alpha value is -1.55. The van der Waals surface area contributed by atoms with Crippen LogP contribution in [0.4, 0.5) is 0 Å². The molecular formula is C23H35N. The third-order valence-corrected chi connectivity index (χ3v) is 5.19. The molecule has 0 aliphatic heterocycles. The van der Waals surface area contributed by atoms with E-state index in [0.717, 1.165) is 32.1 Å². The van der Waals surface area contributed by atoms with E-state index in [1.807, 2.05) is 0 Å². The van der Waals surface area contributed by atoms with Crippen LogP contribution in [0.2, 0.25) is 0 Å². The van der Waals surface area contributed by atoms with Crippen LogP contribution in [-0.4, -0.2) is 0 Å². The number of nitriles is 1. The lowest BCUT2D eigenvalue weighted by atomic mass is 9.63. The van der Waals surface area contributed by atoms with Gasteiger partial charge in [-0.2, -0.15) is 5.26 Å². The number of hydrogen-bond acceptors (Lipinski definition) is 1. The fourth-order valence-electron chi connectivity index (χ4n) is 4.05. The lowest BCUT2D eigenvalue weighted by molar-refractivity contribution is 0.244. The monoisotopic (exact) mass is 325 g/mol. The number of nitrogens with zero attached hydrogens (tertiary/aromatic N) is 1. The molecule has 0 aliphatic carbocycles. The maximum absolute atomic E-state index is 10.3. The second-order valence-corrected chi connectivity index (χ2v) is 7.18. The van der Waals surface area contributed by atoms with E-state index >= 15 is 0 Å². The molecule has 1 aromatic carbocycles. The summed E-state index contributed by atoms with van der Waals surface area (Å²) in [6.07, 6.45) is 12.2. The molecule has 0 N–H and O–H groups in total. The van der Waals surface area contributed by atoms with Crippen molar-refractivity contribution in [2.24, 2.45) is 11.8 Å². The molecule has 0 aliphatic rings. The van der Waals surface area contributed by atoms with Crippen LogP contribution < -0.4 is 0 Å². The number of hydrogen-bond donors (Lipinski definition) is 0. The first-order valence-corrected chi connectivity index (χ1v) is 9.72. The van der Waals surface area contributed by atoms with E-state index in [2.05, 4.69) is 76.2 Å². The number of benzene rings is 1. The average molecular weight is 326 g/mol. The van der Waals surface area contributed by atoms with Gasteiger partial charge < -0.3 is 0 Å². The summed E-state index contributed by atoms with van der Waals surface area (Å²) in [6, 6.07) is 13.4. The van der Waals surface area contributed by atoms with Crippen molar-refractivity contribution in [1.29, 1.82) is 5.26 Å². The van der Waals surface area contributed by atoms with E-state index in [1.54, 1.807) is 0 Å². The predicted octanol–water partition coefficient (Wildman–Crippen LogP) is 7.05. The maximum atomic E-state index is 10.3. The summed E-state index contributed by atoms with van der Waals surface area (Å²) in [6.45, 7) is 8.87. The first kappa shape index (κ1) is 20.5. The molecule has 0 amide bonds. The molecule has 1 rings (SSSR count). The summed E-state index contributed by atoms with van der Waals surface area (Å²) in [5.74, 6) is 1.00. The van der Waals surface area contributed by atoms with Gasteiger partial charge in [-0.25, -0.2) is 0 Å². The van der Waals surface area contributed by atoms with E-state index in [-0.39, 0.29) is 5.41 Å². The molecule has 1 heteroatoms. The smallest absolute Gasteiger partial charge is 0.0853 e. The average Bonchev–Trinajstić information content (AvgIpc) is 2.60. The van der Waals surface area contributed by atoms with Gasteiger partial charge in [0.25, 0.3) is 0 Å². The molecule has 132 valence electrons. The van der Waals surface area contributed by atoms with Gasteiger partial charge in [-0.3, -0.25) is 0 Å². The SMILES string of the molecule is C/C=C/CCC(CCC)C(C#N)(CC(C)CCC)c1ccccc1. The second kappa shape index (κ2) is 11.1. The molecule has 1 aromatic rings. The standard InChI is InChI=1S/C23H35N/c1-5-8-10-15-21(14-7-3)23(19-24,18-20(4)13-6-2)22-16-11-9-12-17-22/h5,8-9,11-12,16-17,20-21H,6-7,10,13-15,18H2,1-4H3/b8-5+. The lowest BCUT2D eigenvalue weighted by Crippen LogP contribution is -2.36. The Morgan fingerprint density at radius 2 is 1.75 bits per heavy atom. The van der Waals surface area contributed by atoms with Crippen molar-refractivity contribution < 1.29 is 0 Å². The topological polar surface area (TPSA) is 23.8 Å². The minimum atomic E-state index is -0.354. The number of allylic oxidation sites excluding steroid dienone is 2. The molecule has 1 nitrogen and oxygen atoms in total. The van der Waals surface area contributed by atoms with Gasteiger partial charge in [0.05, 0.1) is 11.5 Å². The van der Waals surface area contributed by atoms with Gasteiger partial charge in [-0.1, -0.05) is 82.5 Å². The summed E-state index contributed by atoms with van der Waals surface area (Å²) in [5.41, 5.74) is 0.863. The van der Waals surface area contributed by atoms with Crippen LogP contribution in [0.3, 0.4) is 0 Å². The zero-order chi connectivity index (χ0) is 17.8. The summed E-state index contributed by atoms with van der Waals surface area (Å²) in [4.78, 5) is 0. The van der Waals surface area contributed by atoms with Crippen LogP contribution >= 0.6 is 0 Å². The van der Waals surface area contributed by atoms with E-state index < -0.39 is 0 Å². The molecule has 0 bridgehead atoms. The Bertz CT molecular complexity index is 511. The molecule has 0 aromatic heterocycles. The Kier molecular flexibility index (Phi) is 9.46. The van der Waals surface area contributed by atoms with Gasteiger partial charge in [-0.05, 0) is 50.0 Å². The zero-order valence-electron chi connectivity index (χ0n) is 16.1. The van der Waals surface area contributed by atoms with Crippen molar-refractivity contribution in [2.45, 2.75) is 78.1 Å². The van der Waals surface area contributed by atoms with Crippen molar-refractivity contribution in [3.8, 4) is 6.07 Å². The van der Waals surface area contributed by atoms with Gasteiger partial charge in [0.15, 0.2) is 0 Å². The molecule has 0 radical (unpaired) electrons. The van der Waals surface area contributed by atoms with Gasteiger partial charge in [0, 0.05) is 0 Å². The molecule has 0 heterocycles. The summed E-state index contributed by atoms with van der Waals surface area (Å²) in [5, 5.41) is 10.3. The third kappa shape index (κ3) is 5.52. The molecule has 0 spiro atoms. The van der Waals surface area contributed by atoms with E-state index in [0.29, 0.717) is 11.8 Å². The molecule has 3 unspecified atom stereocenters. The quantitative estimate of drug-likeness (QED) is 0.400. The van der Waals surface area contributed by atoms with Crippen molar-refractivity contribution in [3.63, 3.8) is 0 Å². The highest BCUT2D eigenvalue weighted by atomic mass is 14.5. The highest BCUT2D eigenvalue weighted by Gasteiger charge is 2.40. The first-order chi connectivity index (χ1) is 11.6. The molecule has 0 saturated heterocycles. The van der Waals surface area contributed by atoms with Crippen molar-refractivity contribution in [3.05, 3.63) is 48.0 Å². The van der Waals surface area contributed by atoms with Crippen LogP contribution in [0.25, 0.3) is 0 Å². The molecular weight excluding hydrogens is 290 g/mol. The predicted molar refractivity (Wildman–Crippen MR) is 105 cm³/mol. The largest absolute Gasteiger partial charge is 0.197 e. The lowest BCUT2D eigenvalue weighted by Gasteiger charge is -2.38. The van der Waals surface area contributed by atoms with Crippen LogP contribution in [0.1, 0.15) is 78.2 Å². The van der Waals surface area contributed by atoms with Crippen LogP contribution in [0, 0.1) is 23.2 Å². The van der Waals surface area contributed by atoms with Gasteiger partial charge >= 0.3 is 0 Å². The zero-order valence-corrected chi connectivity index (χ0v) is 16.1. The van der Waals surface area contributed by atoms with Gasteiger partial charge in [-0.15, -0.1) is 0 Å². The highest BCUT2D eigenvalue weighted by molar-refractivity contribution is 5.34. The Morgan fingerprint density at radius 1 is 1.08 bits per heavy atom. The molecule has 0 fully saturated rings. The number of rotatable bonds is 11. The fraction of sp³-hybridized carbons (Fsp3) is 0.609. The van der Waals surface area contributed by atoms with E-state index in [1.165, 1.54) is 18.4 Å². The first-order valence-electron chi connectivity index (χ1n) is 9.72. The van der Waals surface area contributed by atoms with E-state index in [9.17, 15) is 5.26 Å².